The van der Waals surface area contributed by atoms with E-state index in [-0.39, 0.29) is 18.3 Å². The van der Waals surface area contributed by atoms with Crippen LogP contribution < -0.4 is 0 Å². The maximum absolute atomic E-state index is 5.91. The molecule has 0 amide bonds. The Hall–Kier alpha value is -1.20. The smallest absolute Gasteiger partial charge is 0.400 e. The van der Waals surface area contributed by atoms with Gasteiger partial charge in [-0.3, -0.25) is 9.97 Å². The summed E-state index contributed by atoms with van der Waals surface area (Å²) in [7, 11) is -0.336. The molecule has 0 atom stereocenters. The van der Waals surface area contributed by atoms with E-state index in [2.05, 4.69) is 9.97 Å². The molecular weight excluding hydrogens is 227 g/mol. The summed E-state index contributed by atoms with van der Waals surface area (Å²) in [6.45, 7) is 10.1. The summed E-state index contributed by atoms with van der Waals surface area (Å²) in [6.07, 6.45) is 5.07. The van der Waals surface area contributed by atoms with Gasteiger partial charge in [-0.2, -0.15) is 0 Å². The quantitative estimate of drug-likeness (QED) is 0.752. The minimum atomic E-state index is -0.336. The Morgan fingerprint density at radius 3 is 2.28 bits per heavy atom. The summed E-state index contributed by atoms with van der Waals surface area (Å²) in [5.74, 6) is 1.94. The van der Waals surface area contributed by atoms with Gasteiger partial charge in [0, 0.05) is 12.4 Å². The second-order valence-electron chi connectivity index (χ2n) is 5.57. The Labute approximate surface area is 109 Å². The lowest BCUT2D eigenvalue weighted by atomic mass is 9.86. The van der Waals surface area contributed by atoms with E-state index < -0.39 is 0 Å². The van der Waals surface area contributed by atoms with Gasteiger partial charge in [0.15, 0.2) is 0 Å². The van der Waals surface area contributed by atoms with Gasteiger partial charge in [0.2, 0.25) is 0 Å². The van der Waals surface area contributed by atoms with Crippen LogP contribution in [0.4, 0.5) is 0 Å². The number of hydrogen-bond donors (Lipinski definition) is 0. The fourth-order valence-corrected chi connectivity index (χ4v) is 1.75. The van der Waals surface area contributed by atoms with Crippen LogP contribution in [0.5, 0.6) is 0 Å². The lowest BCUT2D eigenvalue weighted by molar-refractivity contribution is 0.00578. The van der Waals surface area contributed by atoms with E-state index in [0.717, 1.165) is 11.3 Å². The highest BCUT2D eigenvalue weighted by atomic mass is 16.7. The first-order valence-corrected chi connectivity index (χ1v) is 6.12. The third kappa shape index (κ3) is 2.47. The van der Waals surface area contributed by atoms with Gasteiger partial charge in [-0.05, 0) is 46.2 Å². The molecule has 0 aromatic carbocycles. The van der Waals surface area contributed by atoms with E-state index in [1.165, 1.54) is 0 Å². The van der Waals surface area contributed by atoms with E-state index in [9.17, 15) is 0 Å². The summed E-state index contributed by atoms with van der Waals surface area (Å²) in [5.41, 5.74) is 1.22. The normalized spacial score (nSPS) is 22.3. The van der Waals surface area contributed by atoms with Crippen molar-refractivity contribution in [2.24, 2.45) is 0 Å². The van der Waals surface area contributed by atoms with Crippen LogP contribution in [-0.4, -0.2) is 28.3 Å². The molecule has 1 aromatic rings. The van der Waals surface area contributed by atoms with Crippen LogP contribution in [0.25, 0.3) is 5.57 Å². The third-order valence-electron chi connectivity index (χ3n) is 3.62. The number of aromatic nitrogens is 2. The van der Waals surface area contributed by atoms with Gasteiger partial charge in [0.1, 0.15) is 0 Å². The summed E-state index contributed by atoms with van der Waals surface area (Å²) in [5, 5.41) is 0. The third-order valence-corrected chi connectivity index (χ3v) is 3.62. The summed E-state index contributed by atoms with van der Waals surface area (Å²) < 4.78 is 11.8. The van der Waals surface area contributed by atoms with Crippen molar-refractivity contribution in [3.63, 3.8) is 0 Å². The molecule has 0 spiro atoms. The molecule has 0 saturated carbocycles. The second-order valence-corrected chi connectivity index (χ2v) is 5.57. The largest absolute Gasteiger partial charge is 0.487 e. The van der Waals surface area contributed by atoms with Gasteiger partial charge in [0.05, 0.1) is 23.1 Å². The zero-order chi connectivity index (χ0) is 13.4. The van der Waals surface area contributed by atoms with E-state index in [4.69, 9.17) is 9.31 Å². The van der Waals surface area contributed by atoms with Crippen LogP contribution in [-0.2, 0) is 9.31 Å². The molecular formula is C13H19BN2O2. The van der Waals surface area contributed by atoms with Gasteiger partial charge in [-0.25, -0.2) is 0 Å². The van der Waals surface area contributed by atoms with Crippen LogP contribution >= 0.6 is 0 Å². The molecule has 96 valence electrons. The summed E-state index contributed by atoms with van der Waals surface area (Å²) in [6, 6.07) is 0. The first-order valence-electron chi connectivity index (χ1n) is 6.12. The maximum atomic E-state index is 5.91. The van der Waals surface area contributed by atoms with Crippen LogP contribution in [0.15, 0.2) is 24.6 Å². The molecule has 1 aliphatic heterocycles. The molecule has 2 rings (SSSR count). The zero-order valence-electron chi connectivity index (χ0n) is 11.6. The molecule has 0 unspecified atom stereocenters. The molecule has 5 heteroatoms. The average molecular weight is 246 g/mol. The van der Waals surface area contributed by atoms with Crippen molar-refractivity contribution in [1.82, 2.24) is 9.97 Å². The Kier molecular flexibility index (Phi) is 3.30. The molecule has 0 aliphatic carbocycles. The monoisotopic (exact) mass is 246 g/mol. The Morgan fingerprint density at radius 1 is 1.17 bits per heavy atom. The van der Waals surface area contributed by atoms with Gasteiger partial charge in [0.25, 0.3) is 0 Å². The van der Waals surface area contributed by atoms with Crippen molar-refractivity contribution in [2.75, 3.05) is 0 Å². The Bertz CT molecular complexity index is 441. The number of hydrogen-bond acceptors (Lipinski definition) is 4. The first-order chi connectivity index (χ1) is 8.32. The Balaban J connectivity index is 2.17. The minimum absolute atomic E-state index is 0.309. The minimum Gasteiger partial charge on any atom is -0.400 e. The zero-order valence-corrected chi connectivity index (χ0v) is 11.6. The van der Waals surface area contributed by atoms with Crippen LogP contribution in [0.2, 0.25) is 0 Å². The van der Waals surface area contributed by atoms with E-state index in [1.807, 2.05) is 40.6 Å². The van der Waals surface area contributed by atoms with Crippen LogP contribution in [0.3, 0.4) is 0 Å². The fourth-order valence-electron chi connectivity index (χ4n) is 1.75. The van der Waals surface area contributed by atoms with Crippen molar-refractivity contribution < 1.29 is 9.31 Å². The molecule has 1 fully saturated rings. The van der Waals surface area contributed by atoms with Crippen molar-refractivity contribution in [3.05, 3.63) is 30.3 Å². The second kappa shape index (κ2) is 4.48. The first kappa shape index (κ1) is 13.2. The van der Waals surface area contributed by atoms with E-state index >= 15 is 0 Å². The lowest BCUT2D eigenvalue weighted by Crippen LogP contribution is -2.41. The molecule has 0 radical (unpaired) electrons. The fraction of sp³-hybridized carbons (Fsp3) is 0.538. The van der Waals surface area contributed by atoms with E-state index in [0.29, 0.717) is 0 Å². The predicted molar refractivity (Wildman–Crippen MR) is 71.8 cm³/mol. The SMILES string of the molecule is C/C(=C/B1OC(C)(C)C(C)(C)O1)c1cnccn1. The molecule has 18 heavy (non-hydrogen) atoms. The van der Waals surface area contributed by atoms with Crippen molar-refractivity contribution in [1.29, 1.82) is 0 Å². The lowest BCUT2D eigenvalue weighted by Gasteiger charge is -2.32. The van der Waals surface area contributed by atoms with Crippen molar-refractivity contribution >= 4 is 12.7 Å². The summed E-state index contributed by atoms with van der Waals surface area (Å²) >= 11 is 0. The molecule has 2 heterocycles. The Morgan fingerprint density at radius 2 is 1.78 bits per heavy atom. The van der Waals surface area contributed by atoms with Crippen LogP contribution in [0.1, 0.15) is 40.3 Å². The van der Waals surface area contributed by atoms with Gasteiger partial charge in [-0.1, -0.05) is 0 Å². The molecule has 1 aromatic heterocycles. The standard InChI is InChI=1S/C13H19BN2O2/c1-10(11-9-15-6-7-16-11)8-14-17-12(2,3)13(4,5)18-14/h6-9H,1-5H3/b10-8-. The highest BCUT2D eigenvalue weighted by Crippen LogP contribution is 2.37. The number of rotatable bonds is 2. The molecule has 0 bridgehead atoms. The van der Waals surface area contributed by atoms with Crippen molar-refractivity contribution in [3.8, 4) is 0 Å². The molecule has 1 saturated heterocycles. The highest BCUT2D eigenvalue weighted by Gasteiger charge is 2.50. The van der Waals surface area contributed by atoms with Crippen molar-refractivity contribution in [2.45, 2.75) is 45.8 Å². The maximum Gasteiger partial charge on any atom is 0.487 e. The molecule has 1 aliphatic rings. The summed E-state index contributed by atoms with van der Waals surface area (Å²) in [4.78, 5) is 8.30. The molecule has 0 N–H and O–H groups in total. The topological polar surface area (TPSA) is 44.2 Å². The van der Waals surface area contributed by atoms with Gasteiger partial charge in [-0.15, -0.1) is 0 Å². The predicted octanol–water partition coefficient (Wildman–Crippen LogP) is 2.51. The van der Waals surface area contributed by atoms with Gasteiger partial charge < -0.3 is 9.31 Å². The van der Waals surface area contributed by atoms with Crippen LogP contribution in [0, 0.1) is 0 Å². The van der Waals surface area contributed by atoms with E-state index in [1.54, 1.807) is 18.6 Å². The molecule has 4 nitrogen and oxygen atoms in total. The highest BCUT2D eigenvalue weighted by molar-refractivity contribution is 6.53. The number of allylic oxidation sites excluding steroid dienone is 1. The average Bonchev–Trinajstić information content (AvgIpc) is 2.48. The number of nitrogens with zero attached hydrogens (tertiary/aromatic N) is 2. The van der Waals surface area contributed by atoms with Gasteiger partial charge >= 0.3 is 7.12 Å².